The number of nitrogens with zero attached hydrogens (tertiary/aromatic N) is 1. The van der Waals surface area contributed by atoms with Gasteiger partial charge in [0.15, 0.2) is 0 Å². The maximum Gasteiger partial charge on any atom is 0.207 e. The first kappa shape index (κ1) is 5.56. The predicted octanol–water partition coefficient (Wildman–Crippen LogP) is -0.891. The van der Waals surface area contributed by atoms with E-state index < -0.39 is 0 Å². The summed E-state index contributed by atoms with van der Waals surface area (Å²) in [5.74, 6) is 0. The largest absolute Gasteiger partial charge is 0.355 e. The highest BCUT2D eigenvalue weighted by Crippen LogP contribution is 1.96. The zero-order valence-corrected chi connectivity index (χ0v) is 4.63. The lowest BCUT2D eigenvalue weighted by atomic mass is 10.3. The zero-order valence-electron chi connectivity index (χ0n) is 4.63. The minimum Gasteiger partial charge on any atom is -0.355 e. The number of carbonyl (C=O) groups excluding carboxylic acids is 1. The maximum atomic E-state index is 9.81. The number of rotatable bonds is 2. The molecule has 0 saturated carbocycles. The van der Waals surface area contributed by atoms with E-state index >= 15 is 0 Å². The van der Waals surface area contributed by atoms with Crippen molar-refractivity contribution >= 4 is 6.41 Å². The Bertz CT molecular complexity index is 78.5. The molecule has 1 amide bonds. The van der Waals surface area contributed by atoms with E-state index in [9.17, 15) is 4.79 Å². The van der Waals surface area contributed by atoms with E-state index in [-0.39, 0.29) is 0 Å². The fourth-order valence-corrected chi connectivity index (χ4v) is 0.818. The van der Waals surface area contributed by atoms with Crippen LogP contribution in [-0.2, 0) is 4.79 Å². The Morgan fingerprint density at radius 3 is 3.12 bits per heavy atom. The van der Waals surface area contributed by atoms with Gasteiger partial charge in [-0.15, -0.1) is 0 Å². The van der Waals surface area contributed by atoms with Gasteiger partial charge in [0.05, 0.1) is 0 Å². The van der Waals surface area contributed by atoms with Crippen molar-refractivity contribution in [2.75, 3.05) is 13.1 Å². The summed E-state index contributed by atoms with van der Waals surface area (Å²) in [6.45, 7) is 1.71. The molecule has 45 valence electrons. The summed E-state index contributed by atoms with van der Waals surface area (Å²) in [5.41, 5.74) is 0. The normalized spacial score (nSPS) is 27.8. The van der Waals surface area contributed by atoms with Crippen molar-refractivity contribution in [2.24, 2.45) is 0 Å². The van der Waals surface area contributed by atoms with E-state index in [0.29, 0.717) is 6.04 Å². The quantitative estimate of drug-likeness (QED) is 0.464. The highest BCUT2D eigenvalue weighted by molar-refractivity contribution is 5.46. The van der Waals surface area contributed by atoms with Crippen LogP contribution in [-0.4, -0.2) is 25.5 Å². The van der Waals surface area contributed by atoms with Crippen molar-refractivity contribution in [2.45, 2.75) is 12.5 Å². The molecule has 1 aliphatic rings. The van der Waals surface area contributed by atoms with E-state index in [0.717, 1.165) is 25.9 Å². The smallest absolute Gasteiger partial charge is 0.207 e. The summed E-state index contributed by atoms with van der Waals surface area (Å²) >= 11 is 0. The maximum absolute atomic E-state index is 9.81. The van der Waals surface area contributed by atoms with Crippen molar-refractivity contribution in [1.82, 2.24) is 10.6 Å². The van der Waals surface area contributed by atoms with E-state index in [1.165, 1.54) is 0 Å². The third kappa shape index (κ3) is 1.20. The van der Waals surface area contributed by atoms with Gasteiger partial charge in [-0.25, -0.2) is 5.32 Å². The van der Waals surface area contributed by atoms with Crippen LogP contribution in [0.3, 0.4) is 0 Å². The molecule has 3 nitrogen and oxygen atoms in total. The third-order valence-corrected chi connectivity index (χ3v) is 1.29. The van der Waals surface area contributed by atoms with Crippen LogP contribution < -0.4 is 10.6 Å². The topological polar surface area (TPSA) is 43.2 Å². The molecule has 1 unspecified atom stereocenters. The molecule has 1 aliphatic heterocycles. The van der Waals surface area contributed by atoms with Crippen LogP contribution in [0.25, 0.3) is 0 Å². The van der Waals surface area contributed by atoms with Crippen molar-refractivity contribution in [3.63, 3.8) is 0 Å². The highest BCUT2D eigenvalue weighted by Gasteiger charge is 2.12. The molecule has 1 heterocycles. The molecule has 0 aromatic carbocycles. The second-order valence-corrected chi connectivity index (χ2v) is 1.90. The second-order valence-electron chi connectivity index (χ2n) is 1.90. The summed E-state index contributed by atoms with van der Waals surface area (Å²) in [4.78, 5) is 9.81. The van der Waals surface area contributed by atoms with Gasteiger partial charge in [-0.05, 0) is 6.42 Å². The molecule has 0 bridgehead atoms. The lowest BCUT2D eigenvalue weighted by Gasteiger charge is -2.02. The monoisotopic (exact) mass is 113 g/mol. The first-order valence-electron chi connectivity index (χ1n) is 2.76. The second kappa shape index (κ2) is 2.67. The lowest BCUT2D eigenvalue weighted by molar-refractivity contribution is -0.110. The van der Waals surface area contributed by atoms with E-state index in [4.69, 9.17) is 0 Å². The molecule has 1 radical (unpaired) electrons. The van der Waals surface area contributed by atoms with Crippen LogP contribution in [0, 0.1) is 0 Å². The number of amides is 1. The summed E-state index contributed by atoms with van der Waals surface area (Å²) in [5, 5.41) is 6.73. The first-order valence-corrected chi connectivity index (χ1v) is 2.76. The van der Waals surface area contributed by atoms with E-state index in [1.807, 2.05) is 0 Å². The Morgan fingerprint density at radius 1 is 1.75 bits per heavy atom. The SMILES string of the molecule is O=CNC1CC[N]C1. The van der Waals surface area contributed by atoms with Gasteiger partial charge in [0.2, 0.25) is 6.41 Å². The van der Waals surface area contributed by atoms with Gasteiger partial charge in [-0.2, -0.15) is 0 Å². The van der Waals surface area contributed by atoms with Gasteiger partial charge in [0.25, 0.3) is 0 Å². The Hall–Kier alpha value is -0.570. The Balaban J connectivity index is 2.14. The Morgan fingerprint density at radius 2 is 2.62 bits per heavy atom. The molecule has 1 saturated heterocycles. The molecule has 1 rings (SSSR count). The van der Waals surface area contributed by atoms with Gasteiger partial charge in [0.1, 0.15) is 0 Å². The van der Waals surface area contributed by atoms with Crippen LogP contribution in [0.4, 0.5) is 0 Å². The molecular formula is C5H9N2O. The van der Waals surface area contributed by atoms with Crippen molar-refractivity contribution in [1.29, 1.82) is 0 Å². The van der Waals surface area contributed by atoms with Crippen molar-refractivity contribution in [3.05, 3.63) is 0 Å². The van der Waals surface area contributed by atoms with Gasteiger partial charge in [-0.3, -0.25) is 4.79 Å². The molecule has 0 aliphatic carbocycles. The molecule has 0 aromatic heterocycles. The predicted molar refractivity (Wildman–Crippen MR) is 29.5 cm³/mol. The standard InChI is InChI=1S/C5H9N2O/c8-4-7-5-1-2-6-3-5/h4-5H,1-3H2,(H,7,8). The van der Waals surface area contributed by atoms with Crippen molar-refractivity contribution < 1.29 is 4.79 Å². The zero-order chi connectivity index (χ0) is 5.82. The number of nitrogens with one attached hydrogen (secondary N) is 1. The summed E-state index contributed by atoms with van der Waals surface area (Å²) in [6.07, 6.45) is 1.75. The van der Waals surface area contributed by atoms with Gasteiger partial charge < -0.3 is 5.32 Å². The van der Waals surface area contributed by atoms with Crippen LogP contribution >= 0.6 is 0 Å². The molecule has 0 aromatic rings. The van der Waals surface area contributed by atoms with Crippen molar-refractivity contribution in [3.8, 4) is 0 Å². The Kier molecular flexibility index (Phi) is 1.86. The molecule has 0 spiro atoms. The van der Waals surface area contributed by atoms with E-state index in [1.54, 1.807) is 0 Å². The number of hydrogen-bond donors (Lipinski definition) is 1. The minimum atomic E-state index is 0.326. The molecule has 1 fully saturated rings. The number of hydrogen-bond acceptors (Lipinski definition) is 1. The molecule has 3 heteroatoms. The van der Waals surface area contributed by atoms with Gasteiger partial charge >= 0.3 is 0 Å². The van der Waals surface area contributed by atoms with Gasteiger partial charge in [0, 0.05) is 19.1 Å². The third-order valence-electron chi connectivity index (χ3n) is 1.29. The lowest BCUT2D eigenvalue weighted by Crippen LogP contribution is -2.28. The van der Waals surface area contributed by atoms with Crippen LogP contribution in [0.15, 0.2) is 0 Å². The first-order chi connectivity index (χ1) is 3.93. The molecule has 1 N–H and O–H groups in total. The average molecular weight is 113 g/mol. The fourth-order valence-electron chi connectivity index (χ4n) is 0.818. The van der Waals surface area contributed by atoms with E-state index in [2.05, 4.69) is 10.6 Å². The molecule has 8 heavy (non-hydrogen) atoms. The average Bonchev–Trinajstić information content (AvgIpc) is 2.19. The minimum absolute atomic E-state index is 0.326. The highest BCUT2D eigenvalue weighted by atomic mass is 16.1. The molecular weight excluding hydrogens is 104 g/mol. The van der Waals surface area contributed by atoms with Gasteiger partial charge in [-0.1, -0.05) is 0 Å². The Labute approximate surface area is 48.5 Å². The van der Waals surface area contributed by atoms with Crippen LogP contribution in [0.2, 0.25) is 0 Å². The molecule has 1 atom stereocenters. The van der Waals surface area contributed by atoms with Crippen LogP contribution in [0.1, 0.15) is 6.42 Å². The fraction of sp³-hybridized carbons (Fsp3) is 0.800. The summed E-state index contributed by atoms with van der Waals surface area (Å²) < 4.78 is 0. The summed E-state index contributed by atoms with van der Waals surface area (Å²) in [6, 6.07) is 0.326. The summed E-state index contributed by atoms with van der Waals surface area (Å²) in [7, 11) is 0. The number of carbonyl (C=O) groups is 1. The van der Waals surface area contributed by atoms with Crippen LogP contribution in [0.5, 0.6) is 0 Å².